The molecule has 0 atom stereocenters. The molecule has 0 bridgehead atoms. The van der Waals surface area contributed by atoms with Crippen LogP contribution in [0.4, 0.5) is 11.4 Å². The monoisotopic (exact) mass is 339 g/mol. The maximum atomic E-state index is 12.7. The third-order valence-corrected chi connectivity index (χ3v) is 5.33. The fourth-order valence-corrected chi connectivity index (χ4v) is 3.52. The van der Waals surface area contributed by atoms with Crippen molar-refractivity contribution >= 4 is 33.0 Å². The van der Waals surface area contributed by atoms with E-state index in [1.54, 1.807) is 6.07 Å². The molecule has 1 aromatic carbocycles. The lowest BCUT2D eigenvalue weighted by Crippen LogP contribution is -2.27. The van der Waals surface area contributed by atoms with Crippen LogP contribution in [-0.2, 0) is 10.0 Å². The van der Waals surface area contributed by atoms with Crippen molar-refractivity contribution in [2.24, 2.45) is 0 Å². The molecule has 1 heterocycles. The Balaban J connectivity index is 2.47. The molecule has 0 radical (unpaired) electrons. The van der Waals surface area contributed by atoms with Gasteiger partial charge >= 0.3 is 0 Å². The van der Waals surface area contributed by atoms with E-state index in [2.05, 4.69) is 4.98 Å². The van der Waals surface area contributed by atoms with Gasteiger partial charge in [-0.3, -0.25) is 9.29 Å². The topological polar surface area (TPSA) is 53.5 Å². The lowest BCUT2D eigenvalue weighted by molar-refractivity contribution is 0.594. The minimum Gasteiger partial charge on any atom is -0.377 e. The zero-order valence-electron chi connectivity index (χ0n) is 12.9. The molecule has 0 spiro atoms. The Kier molecular flexibility index (Phi) is 4.63. The summed E-state index contributed by atoms with van der Waals surface area (Å²) in [6.07, 6.45) is 2.69. The Morgan fingerprint density at radius 1 is 1.09 bits per heavy atom. The zero-order valence-corrected chi connectivity index (χ0v) is 14.5. The van der Waals surface area contributed by atoms with Crippen LogP contribution in [-0.4, -0.2) is 34.5 Å². The summed E-state index contributed by atoms with van der Waals surface area (Å²) in [6, 6.07) is 6.90. The molecule has 0 saturated carbocycles. The van der Waals surface area contributed by atoms with Crippen molar-refractivity contribution in [2.75, 3.05) is 30.3 Å². The summed E-state index contributed by atoms with van der Waals surface area (Å²) in [7, 11) is 1.65. The van der Waals surface area contributed by atoms with Gasteiger partial charge in [0.2, 0.25) is 0 Å². The fourth-order valence-electron chi connectivity index (χ4n) is 2.11. The molecule has 0 amide bonds. The normalized spacial score (nSPS) is 11.3. The molecule has 2 aromatic rings. The quantitative estimate of drug-likeness (QED) is 0.859. The largest absolute Gasteiger partial charge is 0.377 e. The van der Waals surface area contributed by atoms with E-state index in [9.17, 15) is 8.42 Å². The SMILES string of the molecule is Cc1ccc(N(C)S(=O)(=O)c2cncc(Cl)c2)cc1N(C)C. The van der Waals surface area contributed by atoms with Gasteiger partial charge in [-0.25, -0.2) is 8.42 Å². The van der Waals surface area contributed by atoms with Gasteiger partial charge in [0.15, 0.2) is 0 Å². The van der Waals surface area contributed by atoms with E-state index < -0.39 is 10.0 Å². The molecular weight excluding hydrogens is 322 g/mol. The number of benzene rings is 1. The van der Waals surface area contributed by atoms with Gasteiger partial charge in [0.25, 0.3) is 10.0 Å². The molecule has 0 aliphatic rings. The van der Waals surface area contributed by atoms with Crippen LogP contribution >= 0.6 is 11.6 Å². The summed E-state index contributed by atoms with van der Waals surface area (Å²) < 4.78 is 26.6. The lowest BCUT2D eigenvalue weighted by Gasteiger charge is -2.23. The van der Waals surface area contributed by atoms with Crippen LogP contribution in [0.5, 0.6) is 0 Å². The van der Waals surface area contributed by atoms with Gasteiger partial charge in [-0.15, -0.1) is 0 Å². The van der Waals surface area contributed by atoms with Crippen molar-refractivity contribution in [3.05, 3.63) is 47.2 Å². The lowest BCUT2D eigenvalue weighted by atomic mass is 10.1. The van der Waals surface area contributed by atoms with E-state index in [1.165, 1.54) is 29.8 Å². The Hall–Kier alpha value is -1.79. The average molecular weight is 340 g/mol. The number of nitrogens with zero attached hydrogens (tertiary/aromatic N) is 3. The summed E-state index contributed by atoms with van der Waals surface area (Å²) in [5.41, 5.74) is 2.61. The molecule has 2 rings (SSSR count). The Labute approximate surface area is 136 Å². The first kappa shape index (κ1) is 16.6. The third kappa shape index (κ3) is 3.18. The number of rotatable bonds is 4. The highest BCUT2D eigenvalue weighted by Crippen LogP contribution is 2.28. The Morgan fingerprint density at radius 3 is 2.36 bits per heavy atom. The van der Waals surface area contributed by atoms with Crippen LogP contribution in [0, 0.1) is 6.92 Å². The number of aromatic nitrogens is 1. The van der Waals surface area contributed by atoms with Crippen LogP contribution in [0.1, 0.15) is 5.56 Å². The Bertz CT molecular complexity index is 791. The van der Waals surface area contributed by atoms with Gasteiger partial charge in [0, 0.05) is 39.2 Å². The van der Waals surface area contributed by atoms with E-state index in [-0.39, 0.29) is 9.92 Å². The maximum Gasteiger partial charge on any atom is 0.265 e. The summed E-state index contributed by atoms with van der Waals surface area (Å²) in [5, 5.41) is 0.285. The molecule has 1 aromatic heterocycles. The van der Waals surface area contributed by atoms with E-state index in [0.717, 1.165) is 11.3 Å². The number of halogens is 1. The second-order valence-electron chi connectivity index (χ2n) is 5.18. The summed E-state index contributed by atoms with van der Waals surface area (Å²) in [4.78, 5) is 5.85. The van der Waals surface area contributed by atoms with Crippen LogP contribution in [0.25, 0.3) is 0 Å². The zero-order chi connectivity index (χ0) is 16.5. The van der Waals surface area contributed by atoms with Crippen LogP contribution in [0.2, 0.25) is 5.02 Å². The van der Waals surface area contributed by atoms with Gasteiger partial charge in [0.05, 0.1) is 10.7 Å². The third-order valence-electron chi connectivity index (χ3n) is 3.38. The second kappa shape index (κ2) is 6.14. The van der Waals surface area contributed by atoms with Crippen molar-refractivity contribution < 1.29 is 8.42 Å². The van der Waals surface area contributed by atoms with Crippen molar-refractivity contribution in [1.82, 2.24) is 4.98 Å². The molecule has 0 N–H and O–H groups in total. The van der Waals surface area contributed by atoms with Crippen LogP contribution < -0.4 is 9.21 Å². The predicted molar refractivity (Wildman–Crippen MR) is 90.3 cm³/mol. The smallest absolute Gasteiger partial charge is 0.265 e. The average Bonchev–Trinajstić information content (AvgIpc) is 2.46. The number of pyridine rings is 1. The standard InChI is InChI=1S/C15H18ClN3O2S/c1-11-5-6-13(8-15(11)18(2)3)19(4)22(20,21)14-7-12(16)9-17-10-14/h5-10H,1-4H3. The minimum atomic E-state index is -3.70. The first-order valence-corrected chi connectivity index (χ1v) is 8.43. The van der Waals surface area contributed by atoms with Crippen LogP contribution in [0.3, 0.4) is 0 Å². The molecule has 7 heteroatoms. The number of hydrogen-bond donors (Lipinski definition) is 0. The van der Waals surface area contributed by atoms with E-state index in [0.29, 0.717) is 5.69 Å². The molecule has 22 heavy (non-hydrogen) atoms. The van der Waals surface area contributed by atoms with Crippen molar-refractivity contribution in [2.45, 2.75) is 11.8 Å². The Morgan fingerprint density at radius 2 is 1.77 bits per heavy atom. The molecule has 0 saturated heterocycles. The van der Waals surface area contributed by atoms with E-state index in [4.69, 9.17) is 11.6 Å². The van der Waals surface area contributed by atoms with E-state index >= 15 is 0 Å². The number of sulfonamides is 1. The van der Waals surface area contributed by atoms with Gasteiger partial charge in [0.1, 0.15) is 4.90 Å². The van der Waals surface area contributed by atoms with Gasteiger partial charge in [-0.1, -0.05) is 17.7 Å². The predicted octanol–water partition coefficient (Wildman–Crippen LogP) is 2.93. The highest BCUT2D eigenvalue weighted by Gasteiger charge is 2.22. The van der Waals surface area contributed by atoms with Crippen molar-refractivity contribution in [3.8, 4) is 0 Å². The molecule has 0 unspecified atom stereocenters. The number of anilines is 2. The molecule has 118 valence electrons. The fraction of sp³-hybridized carbons (Fsp3) is 0.267. The highest BCUT2D eigenvalue weighted by atomic mass is 35.5. The van der Waals surface area contributed by atoms with Crippen molar-refractivity contribution in [3.63, 3.8) is 0 Å². The summed E-state index contributed by atoms with van der Waals surface area (Å²) in [5.74, 6) is 0. The molecular formula is C15H18ClN3O2S. The molecule has 0 fully saturated rings. The van der Waals surface area contributed by atoms with Gasteiger partial charge in [-0.2, -0.15) is 0 Å². The number of aryl methyl sites for hydroxylation is 1. The summed E-state index contributed by atoms with van der Waals surface area (Å²) in [6.45, 7) is 1.98. The number of hydrogen-bond acceptors (Lipinski definition) is 4. The van der Waals surface area contributed by atoms with Gasteiger partial charge in [-0.05, 0) is 30.7 Å². The van der Waals surface area contributed by atoms with Crippen molar-refractivity contribution in [1.29, 1.82) is 0 Å². The second-order valence-corrected chi connectivity index (χ2v) is 7.58. The maximum absolute atomic E-state index is 12.7. The minimum absolute atomic E-state index is 0.0643. The molecule has 5 nitrogen and oxygen atoms in total. The van der Waals surface area contributed by atoms with Crippen LogP contribution in [0.15, 0.2) is 41.6 Å². The first-order chi connectivity index (χ1) is 10.2. The molecule has 0 aliphatic carbocycles. The van der Waals surface area contributed by atoms with E-state index in [1.807, 2.05) is 38.1 Å². The first-order valence-electron chi connectivity index (χ1n) is 6.61. The van der Waals surface area contributed by atoms with Gasteiger partial charge < -0.3 is 4.90 Å². The summed E-state index contributed by atoms with van der Waals surface area (Å²) >= 11 is 5.84. The highest BCUT2D eigenvalue weighted by molar-refractivity contribution is 7.92. The molecule has 0 aliphatic heterocycles.